The topological polar surface area (TPSA) is 237 Å². The molecule has 0 aromatic carbocycles. The van der Waals surface area contributed by atoms with Crippen LogP contribution < -0.4 is 0 Å². The standard InChI is InChI=1S/C78H148O17P2/c1-6-10-13-16-19-22-25-27-29-30-32-34-37-43-48-53-58-63-77(82)94-73(68-89-76(81)62-57-52-47-42-36-33-31-28-26-23-20-17-14-11-7-2)69-92-96(84,85)90-65-72(79)66-91-97(86,87)93-70-74(67-88-75(80)61-56-51-46-41-35-24-21-18-15-12-8-3)95-78(83)64-59-54-49-44-39-38-40-45-50-55-60-71(5)9-4/h23,26,28,31,71-74,79H,6-22,24-25,27,29-30,32-70H2,1-5H3,(H,84,85)(H,86,87)/b26-23-,31-28-/t71?,72-,73-,74-/m1/s1. The highest BCUT2D eigenvalue weighted by Crippen LogP contribution is 2.45. The lowest BCUT2D eigenvalue weighted by molar-refractivity contribution is -0.161. The molecule has 0 spiro atoms. The van der Waals surface area contributed by atoms with Crippen molar-refractivity contribution in [2.75, 3.05) is 39.6 Å². The summed E-state index contributed by atoms with van der Waals surface area (Å²) in [6.45, 7) is 7.26. The average Bonchev–Trinajstić information content (AvgIpc) is 1.19. The highest BCUT2D eigenvalue weighted by molar-refractivity contribution is 7.47. The van der Waals surface area contributed by atoms with Crippen molar-refractivity contribution in [3.05, 3.63) is 24.3 Å². The van der Waals surface area contributed by atoms with E-state index in [-0.39, 0.29) is 25.7 Å². The van der Waals surface area contributed by atoms with Gasteiger partial charge in [-0.3, -0.25) is 37.3 Å². The van der Waals surface area contributed by atoms with Gasteiger partial charge in [0.2, 0.25) is 0 Å². The Labute approximate surface area is 592 Å². The second-order valence-electron chi connectivity index (χ2n) is 27.7. The summed E-state index contributed by atoms with van der Waals surface area (Å²) in [6, 6.07) is 0. The van der Waals surface area contributed by atoms with E-state index in [1.165, 1.54) is 193 Å². The zero-order valence-electron chi connectivity index (χ0n) is 62.7. The van der Waals surface area contributed by atoms with E-state index < -0.39 is 97.5 Å². The maximum absolute atomic E-state index is 13.1. The van der Waals surface area contributed by atoms with Gasteiger partial charge in [0.1, 0.15) is 19.3 Å². The molecule has 0 saturated carbocycles. The van der Waals surface area contributed by atoms with Gasteiger partial charge in [-0.05, 0) is 57.3 Å². The van der Waals surface area contributed by atoms with E-state index >= 15 is 0 Å². The molecule has 17 nitrogen and oxygen atoms in total. The van der Waals surface area contributed by atoms with Gasteiger partial charge in [-0.25, -0.2) is 9.13 Å². The molecule has 0 aromatic rings. The van der Waals surface area contributed by atoms with Crippen LogP contribution in [0, 0.1) is 5.92 Å². The van der Waals surface area contributed by atoms with Crippen molar-refractivity contribution < 1.29 is 80.2 Å². The minimum atomic E-state index is -4.97. The first-order chi connectivity index (χ1) is 47.1. The van der Waals surface area contributed by atoms with Crippen LogP contribution in [-0.4, -0.2) is 96.7 Å². The molecule has 0 aliphatic heterocycles. The number of phosphoric ester groups is 2. The molecule has 0 bridgehead atoms. The number of carbonyl (C=O) groups is 4. The predicted octanol–water partition coefficient (Wildman–Crippen LogP) is 22.8. The minimum absolute atomic E-state index is 0.102. The Kier molecular flexibility index (Phi) is 68.8. The smallest absolute Gasteiger partial charge is 0.462 e. The fourth-order valence-corrected chi connectivity index (χ4v) is 13.1. The summed E-state index contributed by atoms with van der Waals surface area (Å²) < 4.78 is 68.6. The first-order valence-corrected chi connectivity index (χ1v) is 43.0. The van der Waals surface area contributed by atoms with Crippen LogP contribution in [-0.2, 0) is 65.4 Å². The number of aliphatic hydroxyl groups is 1. The molecule has 0 amide bonds. The van der Waals surface area contributed by atoms with Crippen molar-refractivity contribution in [2.45, 2.75) is 406 Å². The molecule has 0 saturated heterocycles. The third kappa shape index (κ3) is 70.4. The van der Waals surface area contributed by atoms with Crippen LogP contribution in [0.25, 0.3) is 0 Å². The van der Waals surface area contributed by atoms with Gasteiger partial charge in [-0.15, -0.1) is 0 Å². The second-order valence-corrected chi connectivity index (χ2v) is 30.6. The molecule has 0 heterocycles. The van der Waals surface area contributed by atoms with Crippen LogP contribution in [0.5, 0.6) is 0 Å². The maximum atomic E-state index is 13.1. The number of esters is 4. The quantitative estimate of drug-likeness (QED) is 0.0169. The summed E-state index contributed by atoms with van der Waals surface area (Å²) >= 11 is 0. The largest absolute Gasteiger partial charge is 0.472 e. The van der Waals surface area contributed by atoms with Crippen molar-refractivity contribution in [2.24, 2.45) is 5.92 Å². The highest BCUT2D eigenvalue weighted by atomic mass is 31.2. The molecule has 0 fully saturated rings. The van der Waals surface area contributed by atoms with Crippen molar-refractivity contribution in [1.82, 2.24) is 0 Å². The maximum Gasteiger partial charge on any atom is 0.472 e. The Morgan fingerprint density at radius 1 is 0.330 bits per heavy atom. The summed E-state index contributed by atoms with van der Waals surface area (Å²) in [4.78, 5) is 72.9. The molecule has 0 aliphatic carbocycles. The fourth-order valence-electron chi connectivity index (χ4n) is 11.5. The van der Waals surface area contributed by atoms with Gasteiger partial charge < -0.3 is 33.8 Å². The molecule has 6 atom stereocenters. The number of hydrogen-bond acceptors (Lipinski definition) is 15. The molecule has 0 aliphatic rings. The molecule has 19 heteroatoms. The van der Waals surface area contributed by atoms with Gasteiger partial charge in [-0.2, -0.15) is 0 Å². The van der Waals surface area contributed by atoms with Gasteiger partial charge >= 0.3 is 39.5 Å². The molecule has 0 rings (SSSR count). The van der Waals surface area contributed by atoms with Crippen molar-refractivity contribution in [3.63, 3.8) is 0 Å². The lowest BCUT2D eigenvalue weighted by Crippen LogP contribution is -2.30. The molecule has 3 unspecified atom stereocenters. The van der Waals surface area contributed by atoms with Crippen LogP contribution >= 0.6 is 15.6 Å². The first-order valence-electron chi connectivity index (χ1n) is 40.0. The normalized spacial score (nSPS) is 14.4. The van der Waals surface area contributed by atoms with Crippen molar-refractivity contribution >= 4 is 39.5 Å². The Bertz CT molecular complexity index is 1950. The van der Waals surface area contributed by atoms with Gasteiger partial charge in [0.25, 0.3) is 0 Å². The van der Waals surface area contributed by atoms with E-state index in [1.54, 1.807) is 0 Å². The third-order valence-electron chi connectivity index (χ3n) is 18.0. The lowest BCUT2D eigenvalue weighted by Gasteiger charge is -2.21. The van der Waals surface area contributed by atoms with E-state index in [0.29, 0.717) is 25.7 Å². The number of aliphatic hydroxyl groups excluding tert-OH is 1. The molecule has 3 N–H and O–H groups in total. The zero-order chi connectivity index (χ0) is 71.2. The number of phosphoric acid groups is 2. The van der Waals surface area contributed by atoms with E-state index in [2.05, 4.69) is 58.9 Å². The van der Waals surface area contributed by atoms with Gasteiger partial charge in [-0.1, -0.05) is 335 Å². The SMILES string of the molecule is CCCCCC/C=C\C=C/CCCCCCCC(=O)OC[C@H](COP(=O)(O)OC[C@@H](O)COP(=O)(O)OC[C@@H](COC(=O)CCCCCCCCCCCCC)OC(=O)CCCCCCCCCCCCC(C)CC)OC(=O)CCCCCCCCCCCCCCCCCCC. The number of hydrogen-bond donors (Lipinski definition) is 3. The summed E-state index contributed by atoms with van der Waals surface area (Å²) in [5.74, 6) is -1.34. The lowest BCUT2D eigenvalue weighted by atomic mass is 9.99. The third-order valence-corrected chi connectivity index (χ3v) is 19.9. The monoisotopic (exact) mass is 1420 g/mol. The van der Waals surface area contributed by atoms with E-state index in [0.717, 1.165) is 115 Å². The fraction of sp³-hybridized carbons (Fsp3) is 0.897. The average molecular weight is 1420 g/mol. The Hall–Kier alpha value is -2.46. The molecule has 572 valence electrons. The second kappa shape index (κ2) is 70.6. The summed E-state index contributed by atoms with van der Waals surface area (Å²) in [5, 5.41) is 10.6. The molecule has 97 heavy (non-hydrogen) atoms. The predicted molar refractivity (Wildman–Crippen MR) is 395 cm³/mol. The number of ether oxygens (including phenoxy) is 4. The van der Waals surface area contributed by atoms with E-state index in [1.807, 2.05) is 0 Å². The number of carbonyl (C=O) groups excluding carboxylic acids is 4. The summed E-state index contributed by atoms with van der Waals surface area (Å²) in [5.41, 5.74) is 0. The van der Waals surface area contributed by atoms with Crippen molar-refractivity contribution in [1.29, 1.82) is 0 Å². The summed E-state index contributed by atoms with van der Waals surface area (Å²) in [7, 11) is -9.93. The van der Waals surface area contributed by atoms with Gasteiger partial charge in [0, 0.05) is 25.7 Å². The molecular weight excluding hydrogens is 1270 g/mol. The van der Waals surface area contributed by atoms with Crippen LogP contribution in [0.2, 0.25) is 0 Å². The Morgan fingerprint density at radius 2 is 0.577 bits per heavy atom. The van der Waals surface area contributed by atoms with Crippen LogP contribution in [0.4, 0.5) is 0 Å². The Morgan fingerprint density at radius 3 is 0.876 bits per heavy atom. The van der Waals surface area contributed by atoms with E-state index in [9.17, 15) is 43.2 Å². The number of allylic oxidation sites excluding steroid dienone is 4. The first kappa shape index (κ1) is 94.5. The van der Waals surface area contributed by atoms with Gasteiger partial charge in [0.15, 0.2) is 12.2 Å². The highest BCUT2D eigenvalue weighted by Gasteiger charge is 2.30. The Balaban J connectivity index is 5.29. The molecule has 0 aromatic heterocycles. The number of unbranched alkanes of at least 4 members (excludes halogenated alkanes) is 44. The van der Waals surface area contributed by atoms with Gasteiger partial charge in [0.05, 0.1) is 26.4 Å². The zero-order valence-corrected chi connectivity index (χ0v) is 64.5. The summed E-state index contributed by atoms with van der Waals surface area (Å²) in [6.07, 6.45) is 63.0. The molecule has 0 radical (unpaired) electrons. The van der Waals surface area contributed by atoms with Crippen molar-refractivity contribution in [3.8, 4) is 0 Å². The van der Waals surface area contributed by atoms with Crippen LogP contribution in [0.15, 0.2) is 24.3 Å². The van der Waals surface area contributed by atoms with E-state index in [4.69, 9.17) is 37.0 Å². The van der Waals surface area contributed by atoms with Crippen LogP contribution in [0.1, 0.15) is 388 Å². The van der Waals surface area contributed by atoms with Crippen LogP contribution in [0.3, 0.4) is 0 Å². The number of rotatable bonds is 76. The minimum Gasteiger partial charge on any atom is -0.462 e. The molecular formula is C78H148O17P2.